The SMILES string of the molecule is CC(C)(/C(C(=O)O)=C(\C(=O)O)C(C)(C)C(C)(O[Si](C)(C)C)C(O[Si](C)(C)C)[SiH2]O[SiH3])C(C)(O[Si](C)(C)C)C(O[Si](C)(C)C)[SiH2]O[SiH3]. The van der Waals surface area contributed by atoms with Gasteiger partial charge in [-0.2, -0.15) is 0 Å². The predicted octanol–water partition coefficient (Wildman–Crippen LogP) is 2.84. The second-order valence-electron chi connectivity index (χ2n) is 17.6. The molecule has 46 heavy (non-hydrogen) atoms. The minimum atomic E-state index is -2.37. The van der Waals surface area contributed by atoms with Crippen LogP contribution in [0.2, 0.25) is 78.6 Å². The average Bonchev–Trinajstić information content (AvgIpc) is 2.76. The van der Waals surface area contributed by atoms with Crippen LogP contribution in [0, 0.1) is 10.8 Å². The summed E-state index contributed by atoms with van der Waals surface area (Å²) in [5.74, 6) is -2.62. The van der Waals surface area contributed by atoms with Crippen molar-refractivity contribution in [2.24, 2.45) is 10.8 Å². The number of hydrogen-bond acceptors (Lipinski definition) is 8. The van der Waals surface area contributed by atoms with Crippen LogP contribution in [0.4, 0.5) is 0 Å². The number of carbonyl (C=O) groups is 2. The molecule has 0 amide bonds. The minimum absolute atomic E-state index is 0.220. The largest absolute Gasteiger partial charge is 0.478 e. The molecule has 18 heteroatoms. The number of hydrogen-bond donors (Lipinski definition) is 2. The summed E-state index contributed by atoms with van der Waals surface area (Å²) in [5.41, 5.74) is -6.57. The molecule has 10 nitrogen and oxygen atoms in total. The van der Waals surface area contributed by atoms with E-state index in [1.165, 1.54) is 0 Å². The van der Waals surface area contributed by atoms with Gasteiger partial charge in [-0.25, -0.2) is 9.59 Å². The van der Waals surface area contributed by atoms with Gasteiger partial charge in [0, 0.05) is 10.8 Å². The van der Waals surface area contributed by atoms with Crippen molar-refractivity contribution in [3.63, 3.8) is 0 Å². The Hall–Kier alpha value is 0.175. The third kappa shape index (κ3) is 12.2. The summed E-state index contributed by atoms with van der Waals surface area (Å²) in [4.78, 5) is 27.4. The Morgan fingerprint density at radius 3 is 0.935 bits per heavy atom. The third-order valence-corrected chi connectivity index (χ3v) is 18.2. The molecule has 0 aliphatic heterocycles. The lowest BCUT2D eigenvalue weighted by atomic mass is 9.62. The van der Waals surface area contributed by atoms with Crippen molar-refractivity contribution in [2.75, 3.05) is 0 Å². The standard InChI is InChI=1S/C28H68O10Si8/c1-25(2,27(5,35-45(13,14)15)23(41-37-39)33-43(7,8)9)19(21(29)30)20(22(31)32)26(3,4)28(6,36-46(16,17)18)24(42-38-40)34-44(10,11)12/h23-24H,41-42H2,1-18,39-40H3,(H,29,30)(H,31,32)/b20-19+. The highest BCUT2D eigenvalue weighted by Crippen LogP contribution is 2.53. The lowest BCUT2D eigenvalue weighted by molar-refractivity contribution is -0.143. The molecule has 0 heterocycles. The van der Waals surface area contributed by atoms with Gasteiger partial charge in [0.1, 0.15) is 21.0 Å². The molecule has 0 saturated carbocycles. The van der Waals surface area contributed by atoms with Crippen LogP contribution in [0.1, 0.15) is 41.5 Å². The summed E-state index contributed by atoms with van der Waals surface area (Å²) in [7, 11) is -10.8. The van der Waals surface area contributed by atoms with Gasteiger partial charge in [-0.3, -0.25) is 0 Å². The molecule has 0 aliphatic rings. The van der Waals surface area contributed by atoms with Crippen molar-refractivity contribution in [1.29, 1.82) is 0 Å². The van der Waals surface area contributed by atoms with Crippen molar-refractivity contribution in [3.05, 3.63) is 11.1 Å². The van der Waals surface area contributed by atoms with Crippen LogP contribution in [0.3, 0.4) is 0 Å². The van der Waals surface area contributed by atoms with Gasteiger partial charge in [0.05, 0.1) is 33.8 Å². The zero-order valence-electron chi connectivity index (χ0n) is 32.7. The zero-order valence-corrected chi connectivity index (χ0v) is 43.6. The molecule has 0 rings (SSSR count). The Kier molecular flexibility index (Phi) is 16.1. The highest BCUT2D eigenvalue weighted by atomic mass is 28.4. The summed E-state index contributed by atoms with van der Waals surface area (Å²) in [6, 6.07) is 0. The summed E-state index contributed by atoms with van der Waals surface area (Å²) in [6.07, 6.45) is 0. The molecular formula is C28H68O10Si8. The van der Waals surface area contributed by atoms with Crippen LogP contribution >= 0.6 is 0 Å². The van der Waals surface area contributed by atoms with E-state index in [1.807, 2.05) is 13.8 Å². The summed E-state index contributed by atoms with van der Waals surface area (Å²) in [5, 5.41) is 22.3. The third-order valence-electron chi connectivity index (χ3n) is 8.30. The van der Waals surface area contributed by atoms with E-state index in [1.54, 1.807) is 27.7 Å². The number of carboxylic acid groups (broad SMARTS) is 2. The molecule has 0 spiro atoms. The molecule has 0 aromatic carbocycles. The molecular weight excluding hydrogens is 721 g/mol. The van der Waals surface area contributed by atoms with Gasteiger partial charge in [0.25, 0.3) is 0 Å². The van der Waals surface area contributed by atoms with Gasteiger partial charge < -0.3 is 36.1 Å². The van der Waals surface area contributed by atoms with Crippen LogP contribution in [0.5, 0.6) is 0 Å². The quantitative estimate of drug-likeness (QED) is 0.141. The fourth-order valence-electron chi connectivity index (χ4n) is 6.10. The molecule has 0 radical (unpaired) electrons. The van der Waals surface area contributed by atoms with Gasteiger partial charge in [0.15, 0.2) is 52.8 Å². The summed E-state index contributed by atoms with van der Waals surface area (Å²) < 4.78 is 39.4. The Bertz CT molecular complexity index is 1010. The van der Waals surface area contributed by atoms with E-state index >= 15 is 0 Å². The number of aliphatic carboxylic acids is 2. The molecule has 272 valence electrons. The maximum Gasteiger partial charge on any atom is 0.332 e. The van der Waals surface area contributed by atoms with E-state index in [4.69, 9.17) is 25.9 Å². The van der Waals surface area contributed by atoms with E-state index < -0.39 is 98.2 Å². The Morgan fingerprint density at radius 1 is 0.543 bits per heavy atom. The second kappa shape index (κ2) is 16.0. The van der Waals surface area contributed by atoms with E-state index in [0.29, 0.717) is 21.0 Å². The first kappa shape index (κ1) is 46.2. The van der Waals surface area contributed by atoms with Crippen LogP contribution in [0.25, 0.3) is 0 Å². The van der Waals surface area contributed by atoms with Crippen molar-refractivity contribution in [1.82, 2.24) is 0 Å². The van der Waals surface area contributed by atoms with Crippen LogP contribution in [0.15, 0.2) is 11.1 Å². The fourth-order valence-corrected chi connectivity index (χ4v) is 19.7. The molecule has 0 bridgehead atoms. The Balaban J connectivity index is 8.42. The van der Waals surface area contributed by atoms with Crippen LogP contribution < -0.4 is 0 Å². The van der Waals surface area contributed by atoms with Gasteiger partial charge in [0.2, 0.25) is 0 Å². The van der Waals surface area contributed by atoms with Gasteiger partial charge in [-0.05, 0) is 92.4 Å². The topological polar surface area (TPSA) is 130 Å². The fraction of sp³-hybridized carbons (Fsp3) is 0.857. The predicted molar refractivity (Wildman–Crippen MR) is 211 cm³/mol. The molecule has 4 atom stereocenters. The summed E-state index contributed by atoms with van der Waals surface area (Å²) in [6.45, 7) is 35.8. The zero-order chi connectivity index (χ0) is 37.1. The molecule has 0 aliphatic carbocycles. The van der Waals surface area contributed by atoms with Crippen molar-refractivity contribution in [2.45, 2.75) is 143 Å². The van der Waals surface area contributed by atoms with Crippen molar-refractivity contribution < 1.29 is 45.7 Å². The van der Waals surface area contributed by atoms with Crippen molar-refractivity contribution in [3.8, 4) is 0 Å². The smallest absolute Gasteiger partial charge is 0.332 e. The van der Waals surface area contributed by atoms with Crippen LogP contribution in [-0.4, -0.2) is 119 Å². The number of rotatable bonds is 20. The van der Waals surface area contributed by atoms with Gasteiger partial charge in [-0.15, -0.1) is 0 Å². The Morgan fingerprint density at radius 2 is 0.783 bits per heavy atom. The summed E-state index contributed by atoms with van der Waals surface area (Å²) >= 11 is 0. The second-order valence-corrected chi connectivity index (χ2v) is 42.1. The highest BCUT2D eigenvalue weighted by Gasteiger charge is 2.61. The molecule has 0 aromatic heterocycles. The monoisotopic (exact) mass is 788 g/mol. The van der Waals surface area contributed by atoms with E-state index in [2.05, 4.69) is 78.6 Å². The molecule has 0 fully saturated rings. The first-order chi connectivity index (χ1) is 20.1. The molecule has 0 saturated heterocycles. The highest BCUT2D eigenvalue weighted by molar-refractivity contribution is 6.71. The van der Waals surface area contributed by atoms with Crippen molar-refractivity contribution >= 4 is 85.7 Å². The lowest BCUT2D eigenvalue weighted by Crippen LogP contribution is -2.65. The van der Waals surface area contributed by atoms with Gasteiger partial charge >= 0.3 is 11.9 Å². The van der Waals surface area contributed by atoms with E-state index in [-0.39, 0.29) is 11.1 Å². The van der Waals surface area contributed by atoms with Gasteiger partial charge in [-0.1, -0.05) is 27.7 Å². The molecule has 0 aromatic rings. The average molecular weight is 790 g/mol. The first-order valence-corrected chi connectivity index (χ1v) is 34.1. The van der Waals surface area contributed by atoms with E-state index in [9.17, 15) is 19.8 Å². The Labute approximate surface area is 294 Å². The lowest BCUT2D eigenvalue weighted by Gasteiger charge is -2.55. The number of carboxylic acids is 2. The molecule has 4 unspecified atom stereocenters. The maximum atomic E-state index is 13.7. The maximum absolute atomic E-state index is 13.7. The van der Waals surface area contributed by atoms with Crippen LogP contribution in [-0.2, 0) is 35.5 Å². The van der Waals surface area contributed by atoms with E-state index in [0.717, 1.165) is 0 Å². The minimum Gasteiger partial charge on any atom is -0.478 e. The normalized spacial score (nSPS) is 19.3. The molecule has 2 N–H and O–H groups in total. The first-order valence-electron chi connectivity index (χ1n) is 16.1.